The Morgan fingerprint density at radius 2 is 2.03 bits per heavy atom. The van der Waals surface area contributed by atoms with Crippen LogP contribution in [0.3, 0.4) is 0 Å². The largest absolute Gasteiger partial charge is 0.493 e. The topological polar surface area (TPSA) is 128 Å². The Morgan fingerprint density at radius 3 is 2.66 bits per heavy atom. The first-order valence-corrected chi connectivity index (χ1v) is 9.16. The summed E-state index contributed by atoms with van der Waals surface area (Å²) in [7, 11) is 1.44. The van der Waals surface area contributed by atoms with Crippen molar-refractivity contribution in [3.05, 3.63) is 29.8 Å². The second-order valence-electron chi connectivity index (χ2n) is 6.78. The summed E-state index contributed by atoms with van der Waals surface area (Å²) < 4.78 is 15.9. The molecule has 0 saturated carbocycles. The Kier molecular flexibility index (Phi) is 7.46. The molecule has 1 aromatic carbocycles. The van der Waals surface area contributed by atoms with Crippen molar-refractivity contribution in [3.63, 3.8) is 0 Å². The van der Waals surface area contributed by atoms with Crippen LogP contribution in [-0.2, 0) is 14.3 Å². The van der Waals surface area contributed by atoms with Crippen LogP contribution in [0, 0.1) is 0 Å². The molecule has 158 valence electrons. The third-order valence-electron chi connectivity index (χ3n) is 4.46. The van der Waals surface area contributed by atoms with E-state index in [0.717, 1.165) is 5.57 Å². The number of carboxylic acid groups (broad SMARTS) is 1. The summed E-state index contributed by atoms with van der Waals surface area (Å²) in [6.45, 7) is 5.85. The molecular weight excluding hydrogens is 380 g/mol. The highest BCUT2D eigenvalue weighted by Crippen LogP contribution is 2.34. The molecule has 2 rings (SSSR count). The number of carboxylic acids is 1. The van der Waals surface area contributed by atoms with Crippen LogP contribution in [0.4, 0.5) is 5.69 Å². The summed E-state index contributed by atoms with van der Waals surface area (Å²) in [5.41, 5.74) is 7.38. The molecule has 9 nitrogen and oxygen atoms in total. The first kappa shape index (κ1) is 22.1. The van der Waals surface area contributed by atoms with E-state index < -0.39 is 11.9 Å². The maximum atomic E-state index is 13.1. The van der Waals surface area contributed by atoms with Crippen LogP contribution in [-0.4, -0.2) is 60.8 Å². The third kappa shape index (κ3) is 5.87. The number of esters is 1. The second kappa shape index (κ2) is 9.81. The molecule has 1 amide bonds. The molecule has 0 aromatic heterocycles. The highest BCUT2D eigenvalue weighted by atomic mass is 16.5. The molecule has 1 aliphatic heterocycles. The van der Waals surface area contributed by atoms with Gasteiger partial charge in [-0.05, 0) is 18.9 Å². The minimum atomic E-state index is -0.906. The maximum absolute atomic E-state index is 13.1. The first-order valence-electron chi connectivity index (χ1n) is 9.16. The highest BCUT2D eigenvalue weighted by molar-refractivity contribution is 6.00. The number of aliphatic carboxylic acids is 1. The Hall–Kier alpha value is -3.23. The number of carbonyl (C=O) groups excluding carboxylic acids is 2. The van der Waals surface area contributed by atoms with Crippen LogP contribution in [0.5, 0.6) is 11.5 Å². The van der Waals surface area contributed by atoms with Gasteiger partial charge in [-0.3, -0.25) is 14.4 Å². The molecule has 29 heavy (non-hydrogen) atoms. The van der Waals surface area contributed by atoms with Crippen LogP contribution < -0.4 is 15.2 Å². The number of carbonyl (C=O) groups is 3. The van der Waals surface area contributed by atoms with E-state index in [1.54, 1.807) is 4.90 Å². The number of nitrogens with two attached hydrogens (primary N) is 1. The number of anilines is 1. The fourth-order valence-corrected chi connectivity index (χ4v) is 3.07. The predicted octanol–water partition coefficient (Wildman–Crippen LogP) is 1.85. The van der Waals surface area contributed by atoms with Gasteiger partial charge >= 0.3 is 11.9 Å². The van der Waals surface area contributed by atoms with Gasteiger partial charge in [0.1, 0.15) is 6.61 Å². The van der Waals surface area contributed by atoms with Crippen molar-refractivity contribution in [1.29, 1.82) is 0 Å². The summed E-state index contributed by atoms with van der Waals surface area (Å²) in [6, 6.07) is 2.67. The molecule has 3 N–H and O–H groups in total. The van der Waals surface area contributed by atoms with E-state index in [2.05, 4.69) is 6.58 Å². The standard InChI is InChI=1S/C20H26N2O7/c1-12-7-14(11-29-13(2)23)22(10-12)20(26)15-8-17(27-3)18(9-16(15)21)28-6-4-5-19(24)25/h8-9,14H,1,4-7,10-11,21H2,2-3H3,(H,24,25). The molecule has 0 aliphatic carbocycles. The van der Waals surface area contributed by atoms with Crippen molar-refractivity contribution >= 4 is 23.5 Å². The summed E-state index contributed by atoms with van der Waals surface area (Å²) in [5.74, 6) is -1.01. The van der Waals surface area contributed by atoms with Crippen LogP contribution in [0.15, 0.2) is 24.3 Å². The Morgan fingerprint density at radius 1 is 1.31 bits per heavy atom. The molecular formula is C20H26N2O7. The van der Waals surface area contributed by atoms with Gasteiger partial charge in [-0.15, -0.1) is 0 Å². The van der Waals surface area contributed by atoms with Gasteiger partial charge in [0.15, 0.2) is 11.5 Å². The molecule has 1 unspecified atom stereocenters. The van der Waals surface area contributed by atoms with E-state index >= 15 is 0 Å². The lowest BCUT2D eigenvalue weighted by Gasteiger charge is -2.25. The average Bonchev–Trinajstić information content (AvgIpc) is 3.03. The van der Waals surface area contributed by atoms with E-state index in [9.17, 15) is 14.4 Å². The lowest BCUT2D eigenvalue weighted by atomic mass is 10.1. The van der Waals surface area contributed by atoms with Crippen molar-refractivity contribution in [2.24, 2.45) is 0 Å². The minimum Gasteiger partial charge on any atom is -0.493 e. The normalized spacial score (nSPS) is 15.9. The molecule has 1 aromatic rings. The molecule has 1 aliphatic rings. The van der Waals surface area contributed by atoms with Gasteiger partial charge < -0.3 is 30.0 Å². The average molecular weight is 406 g/mol. The van der Waals surface area contributed by atoms with Gasteiger partial charge in [0, 0.05) is 31.6 Å². The summed E-state index contributed by atoms with van der Waals surface area (Å²) in [4.78, 5) is 36.4. The van der Waals surface area contributed by atoms with Crippen molar-refractivity contribution in [2.45, 2.75) is 32.2 Å². The number of hydrogen-bond donors (Lipinski definition) is 2. The van der Waals surface area contributed by atoms with Crippen LogP contribution in [0.25, 0.3) is 0 Å². The number of nitrogens with zero attached hydrogens (tertiary/aromatic N) is 1. The van der Waals surface area contributed by atoms with Gasteiger partial charge in [-0.2, -0.15) is 0 Å². The predicted molar refractivity (Wildman–Crippen MR) is 105 cm³/mol. The van der Waals surface area contributed by atoms with Crippen molar-refractivity contribution in [2.75, 3.05) is 32.6 Å². The van der Waals surface area contributed by atoms with E-state index in [0.29, 0.717) is 30.9 Å². The lowest BCUT2D eigenvalue weighted by molar-refractivity contribution is -0.142. The third-order valence-corrected chi connectivity index (χ3v) is 4.46. The second-order valence-corrected chi connectivity index (χ2v) is 6.78. The molecule has 9 heteroatoms. The molecule has 0 bridgehead atoms. The van der Waals surface area contributed by atoms with Gasteiger partial charge in [0.05, 0.1) is 25.3 Å². The number of nitrogen functional groups attached to an aromatic ring is 1. The van der Waals surface area contributed by atoms with Gasteiger partial charge in [-0.1, -0.05) is 12.2 Å². The highest BCUT2D eigenvalue weighted by Gasteiger charge is 2.33. The number of amides is 1. The Labute approximate surface area is 169 Å². The van der Waals surface area contributed by atoms with E-state index in [1.807, 2.05) is 0 Å². The molecule has 1 heterocycles. The van der Waals surface area contributed by atoms with E-state index in [4.69, 9.17) is 25.1 Å². The number of hydrogen-bond acceptors (Lipinski definition) is 7. The summed E-state index contributed by atoms with van der Waals surface area (Å²) in [5, 5.41) is 8.69. The molecule has 1 fully saturated rings. The molecule has 1 atom stereocenters. The quantitative estimate of drug-likeness (QED) is 0.275. The Balaban J connectivity index is 2.17. The zero-order valence-corrected chi connectivity index (χ0v) is 16.6. The van der Waals surface area contributed by atoms with Crippen LogP contribution in [0.2, 0.25) is 0 Å². The van der Waals surface area contributed by atoms with Crippen molar-refractivity contribution < 1.29 is 33.7 Å². The van der Waals surface area contributed by atoms with E-state index in [1.165, 1.54) is 26.2 Å². The van der Waals surface area contributed by atoms with E-state index in [-0.39, 0.29) is 42.8 Å². The summed E-state index contributed by atoms with van der Waals surface area (Å²) >= 11 is 0. The first-order chi connectivity index (χ1) is 13.7. The number of methoxy groups -OCH3 is 1. The zero-order chi connectivity index (χ0) is 21.6. The molecule has 0 radical (unpaired) electrons. The van der Waals surface area contributed by atoms with Crippen LogP contribution in [0.1, 0.15) is 36.5 Å². The smallest absolute Gasteiger partial charge is 0.303 e. The number of benzene rings is 1. The maximum Gasteiger partial charge on any atom is 0.303 e. The van der Waals surface area contributed by atoms with Crippen molar-refractivity contribution in [1.82, 2.24) is 4.90 Å². The summed E-state index contributed by atoms with van der Waals surface area (Å²) in [6.07, 6.45) is 0.852. The van der Waals surface area contributed by atoms with Gasteiger partial charge in [0.25, 0.3) is 5.91 Å². The van der Waals surface area contributed by atoms with Gasteiger partial charge in [0.2, 0.25) is 0 Å². The number of likely N-dealkylation sites (tertiary alicyclic amines) is 1. The number of rotatable bonds is 9. The zero-order valence-electron chi connectivity index (χ0n) is 16.6. The fraction of sp³-hybridized carbons (Fsp3) is 0.450. The van der Waals surface area contributed by atoms with Crippen LogP contribution >= 0.6 is 0 Å². The SMILES string of the molecule is C=C1CC(COC(C)=O)N(C(=O)c2cc(OC)c(OCCCC(=O)O)cc2N)C1. The lowest BCUT2D eigenvalue weighted by Crippen LogP contribution is -2.39. The fourth-order valence-electron chi connectivity index (χ4n) is 3.07. The van der Waals surface area contributed by atoms with Gasteiger partial charge in [-0.25, -0.2) is 0 Å². The monoisotopic (exact) mass is 406 g/mol. The number of ether oxygens (including phenoxy) is 3. The minimum absolute atomic E-state index is 0.0169. The van der Waals surface area contributed by atoms with Crippen molar-refractivity contribution in [3.8, 4) is 11.5 Å². The molecule has 0 spiro atoms. The molecule has 1 saturated heterocycles. The Bertz CT molecular complexity index is 806.